The summed E-state index contributed by atoms with van der Waals surface area (Å²) in [6.45, 7) is 0.627. The van der Waals surface area contributed by atoms with E-state index in [0.29, 0.717) is 12.5 Å². The highest BCUT2D eigenvalue weighted by Gasteiger charge is 2.23. The van der Waals surface area contributed by atoms with Crippen LogP contribution >= 0.6 is 0 Å². The first-order chi connectivity index (χ1) is 11.7. The summed E-state index contributed by atoms with van der Waals surface area (Å²) in [7, 11) is 0. The Morgan fingerprint density at radius 2 is 2.08 bits per heavy atom. The van der Waals surface area contributed by atoms with Crippen LogP contribution < -0.4 is 0 Å². The predicted octanol–water partition coefficient (Wildman–Crippen LogP) is 4.42. The van der Waals surface area contributed by atoms with Crippen molar-refractivity contribution in [3.8, 4) is 0 Å². The van der Waals surface area contributed by atoms with Crippen molar-refractivity contribution in [2.45, 2.75) is 44.6 Å². The summed E-state index contributed by atoms with van der Waals surface area (Å²) in [6.07, 6.45) is 7.72. The first-order valence-corrected chi connectivity index (χ1v) is 8.48. The number of carbonyl (C=O) groups is 1. The lowest BCUT2D eigenvalue weighted by molar-refractivity contribution is 0.0697. The molecule has 3 aromatic rings. The Morgan fingerprint density at radius 3 is 2.79 bits per heavy atom. The summed E-state index contributed by atoms with van der Waals surface area (Å²) >= 11 is 0. The Bertz CT molecular complexity index is 858. The van der Waals surface area contributed by atoms with Crippen molar-refractivity contribution in [1.29, 1.82) is 0 Å². The van der Waals surface area contributed by atoms with E-state index in [9.17, 15) is 9.90 Å². The van der Waals surface area contributed by atoms with Crippen molar-refractivity contribution < 1.29 is 14.3 Å². The summed E-state index contributed by atoms with van der Waals surface area (Å²) in [5.74, 6) is 1.46. The quantitative estimate of drug-likeness (QED) is 0.771. The topological polar surface area (TPSA) is 68.3 Å². The summed E-state index contributed by atoms with van der Waals surface area (Å²) in [5.41, 5.74) is 2.00. The largest absolute Gasteiger partial charge is 0.478 e. The lowest BCUT2D eigenvalue weighted by Crippen LogP contribution is -2.12. The van der Waals surface area contributed by atoms with E-state index in [2.05, 4.69) is 4.57 Å². The number of nitrogens with zero attached hydrogens (tertiary/aromatic N) is 2. The van der Waals surface area contributed by atoms with Crippen LogP contribution in [-0.2, 0) is 6.54 Å². The van der Waals surface area contributed by atoms with Gasteiger partial charge in [-0.25, -0.2) is 9.78 Å². The van der Waals surface area contributed by atoms with Crippen LogP contribution in [0.5, 0.6) is 0 Å². The van der Waals surface area contributed by atoms with Crippen LogP contribution in [0.2, 0.25) is 0 Å². The van der Waals surface area contributed by atoms with Crippen LogP contribution in [0.4, 0.5) is 0 Å². The number of benzene rings is 1. The number of carboxylic acids is 1. The monoisotopic (exact) mass is 324 g/mol. The molecule has 5 nitrogen and oxygen atoms in total. The Morgan fingerprint density at radius 1 is 1.25 bits per heavy atom. The lowest BCUT2D eigenvalue weighted by atomic mass is 9.88. The summed E-state index contributed by atoms with van der Waals surface area (Å²) in [5, 5.41) is 9.23. The zero-order valence-electron chi connectivity index (χ0n) is 13.4. The molecular weight excluding hydrogens is 304 g/mol. The van der Waals surface area contributed by atoms with E-state index in [4.69, 9.17) is 9.40 Å². The standard InChI is InChI=1S/C19H20N2O3/c22-19(23)14-8-9-17-16(11-14)20-18(13-5-2-1-3-6-13)21(17)12-15-7-4-10-24-15/h4,7-11,13H,1-3,5-6,12H2,(H,22,23). The Balaban J connectivity index is 1.82. The molecule has 1 saturated carbocycles. The number of hydrogen-bond acceptors (Lipinski definition) is 3. The van der Waals surface area contributed by atoms with E-state index in [0.717, 1.165) is 35.5 Å². The number of carboxylic acid groups (broad SMARTS) is 1. The van der Waals surface area contributed by atoms with Crippen LogP contribution in [-0.4, -0.2) is 20.6 Å². The van der Waals surface area contributed by atoms with Gasteiger partial charge < -0.3 is 14.1 Å². The Hall–Kier alpha value is -2.56. The second-order valence-electron chi connectivity index (χ2n) is 6.48. The summed E-state index contributed by atoms with van der Waals surface area (Å²) in [6, 6.07) is 9.03. The molecule has 1 aliphatic carbocycles. The second kappa shape index (κ2) is 6.15. The van der Waals surface area contributed by atoms with Crippen molar-refractivity contribution >= 4 is 17.0 Å². The zero-order chi connectivity index (χ0) is 16.5. The van der Waals surface area contributed by atoms with Crippen LogP contribution in [0.3, 0.4) is 0 Å². The van der Waals surface area contributed by atoms with Gasteiger partial charge in [-0.3, -0.25) is 0 Å². The third-order valence-corrected chi connectivity index (χ3v) is 4.89. The molecule has 1 N–H and O–H groups in total. The van der Waals surface area contributed by atoms with Crippen LogP contribution in [0.1, 0.15) is 60.0 Å². The number of hydrogen-bond donors (Lipinski definition) is 1. The molecule has 0 saturated heterocycles. The minimum absolute atomic E-state index is 0.278. The van der Waals surface area contributed by atoms with Gasteiger partial charge in [-0.2, -0.15) is 0 Å². The highest BCUT2D eigenvalue weighted by atomic mass is 16.4. The average Bonchev–Trinajstić information content (AvgIpc) is 3.24. The molecule has 0 unspecified atom stereocenters. The van der Waals surface area contributed by atoms with Crippen LogP contribution in [0.25, 0.3) is 11.0 Å². The van der Waals surface area contributed by atoms with E-state index >= 15 is 0 Å². The van der Waals surface area contributed by atoms with Gasteiger partial charge in [0.25, 0.3) is 0 Å². The molecule has 1 fully saturated rings. The van der Waals surface area contributed by atoms with E-state index in [1.807, 2.05) is 18.2 Å². The third-order valence-electron chi connectivity index (χ3n) is 4.89. The molecule has 2 heterocycles. The van der Waals surface area contributed by atoms with Gasteiger partial charge in [0.15, 0.2) is 0 Å². The Labute approximate surface area is 139 Å². The van der Waals surface area contributed by atoms with Crippen molar-refractivity contribution in [3.63, 3.8) is 0 Å². The number of imidazole rings is 1. The highest BCUT2D eigenvalue weighted by molar-refractivity contribution is 5.92. The van der Waals surface area contributed by atoms with Gasteiger partial charge in [0.05, 0.1) is 29.4 Å². The van der Waals surface area contributed by atoms with Crippen molar-refractivity contribution in [2.24, 2.45) is 0 Å². The second-order valence-corrected chi connectivity index (χ2v) is 6.48. The van der Waals surface area contributed by atoms with Gasteiger partial charge in [-0.05, 0) is 43.2 Å². The van der Waals surface area contributed by atoms with Crippen LogP contribution in [0.15, 0.2) is 41.0 Å². The summed E-state index contributed by atoms with van der Waals surface area (Å²) in [4.78, 5) is 16.1. The maximum absolute atomic E-state index is 11.2. The molecule has 124 valence electrons. The molecule has 5 heteroatoms. The fraction of sp³-hybridized carbons (Fsp3) is 0.368. The van der Waals surface area contributed by atoms with Gasteiger partial charge in [0.2, 0.25) is 0 Å². The van der Waals surface area contributed by atoms with E-state index in [1.165, 1.54) is 19.3 Å². The fourth-order valence-corrected chi connectivity index (χ4v) is 3.68. The Kier molecular flexibility index (Phi) is 3.84. The third kappa shape index (κ3) is 2.70. The maximum Gasteiger partial charge on any atom is 0.335 e. The molecule has 4 rings (SSSR count). The van der Waals surface area contributed by atoms with Gasteiger partial charge in [-0.15, -0.1) is 0 Å². The number of aromatic nitrogens is 2. The number of furan rings is 1. The number of rotatable bonds is 4. The molecule has 0 bridgehead atoms. The molecule has 1 aliphatic rings. The molecule has 2 aromatic heterocycles. The van der Waals surface area contributed by atoms with E-state index < -0.39 is 5.97 Å². The zero-order valence-corrected chi connectivity index (χ0v) is 13.4. The number of fused-ring (bicyclic) bond motifs is 1. The van der Waals surface area contributed by atoms with Gasteiger partial charge in [0, 0.05) is 5.92 Å². The van der Waals surface area contributed by atoms with Gasteiger partial charge in [0.1, 0.15) is 11.6 Å². The van der Waals surface area contributed by atoms with Crippen molar-refractivity contribution in [1.82, 2.24) is 9.55 Å². The molecule has 0 amide bonds. The van der Waals surface area contributed by atoms with Gasteiger partial charge >= 0.3 is 5.97 Å². The SMILES string of the molecule is O=C(O)c1ccc2c(c1)nc(C1CCCCC1)n2Cc1ccco1. The molecule has 0 aliphatic heterocycles. The smallest absolute Gasteiger partial charge is 0.335 e. The number of aromatic carboxylic acids is 1. The molecule has 0 spiro atoms. The van der Waals surface area contributed by atoms with E-state index in [-0.39, 0.29) is 5.56 Å². The minimum atomic E-state index is -0.920. The predicted molar refractivity (Wildman–Crippen MR) is 90.3 cm³/mol. The van der Waals surface area contributed by atoms with Gasteiger partial charge in [-0.1, -0.05) is 19.3 Å². The molecule has 0 atom stereocenters. The molecular formula is C19H20N2O3. The van der Waals surface area contributed by atoms with Crippen LogP contribution in [0, 0.1) is 0 Å². The first kappa shape index (κ1) is 15.0. The average molecular weight is 324 g/mol. The lowest BCUT2D eigenvalue weighted by Gasteiger charge is -2.22. The maximum atomic E-state index is 11.2. The minimum Gasteiger partial charge on any atom is -0.478 e. The molecule has 24 heavy (non-hydrogen) atoms. The van der Waals surface area contributed by atoms with Crippen molar-refractivity contribution in [2.75, 3.05) is 0 Å². The summed E-state index contributed by atoms with van der Waals surface area (Å²) < 4.78 is 7.71. The molecule has 1 aromatic carbocycles. The normalized spacial score (nSPS) is 15.8. The fourth-order valence-electron chi connectivity index (χ4n) is 3.68. The first-order valence-electron chi connectivity index (χ1n) is 8.48. The molecule has 0 radical (unpaired) electrons. The van der Waals surface area contributed by atoms with Crippen molar-refractivity contribution in [3.05, 3.63) is 53.7 Å². The van der Waals surface area contributed by atoms with E-state index in [1.54, 1.807) is 18.4 Å². The highest BCUT2D eigenvalue weighted by Crippen LogP contribution is 2.34.